The first-order valence-electron chi connectivity index (χ1n) is 8.61. The van der Waals surface area contributed by atoms with E-state index in [1.807, 2.05) is 4.68 Å². The van der Waals surface area contributed by atoms with Crippen LogP contribution in [0.4, 0.5) is 5.82 Å². The zero-order valence-corrected chi connectivity index (χ0v) is 15.7. The second-order valence-electron chi connectivity index (χ2n) is 6.31. The highest BCUT2D eigenvalue weighted by molar-refractivity contribution is 6.42. The Hall–Kier alpha value is -2.05. The van der Waals surface area contributed by atoms with Gasteiger partial charge in [-0.2, -0.15) is 5.10 Å². The summed E-state index contributed by atoms with van der Waals surface area (Å²) >= 11 is 11.7. The van der Waals surface area contributed by atoms with Crippen LogP contribution in [0.15, 0.2) is 30.5 Å². The van der Waals surface area contributed by atoms with Crippen molar-refractivity contribution in [3.63, 3.8) is 0 Å². The second-order valence-corrected chi connectivity index (χ2v) is 7.13. The van der Waals surface area contributed by atoms with Gasteiger partial charge in [0.25, 0.3) is 5.91 Å². The Morgan fingerprint density at radius 2 is 1.88 bits per heavy atom. The van der Waals surface area contributed by atoms with Crippen molar-refractivity contribution < 1.29 is 9.59 Å². The standard InChI is InChI=1S/C18H20Cl2N4O2/c19-14-7-6-12(10-15(14)20)18(26)21-11-17(25)23-16-8-9-22-24(16)13-4-2-1-3-5-13/h6-10,13H,1-5,11H2,(H,21,26)(H,23,25). The van der Waals surface area contributed by atoms with Gasteiger partial charge < -0.3 is 10.6 Å². The molecule has 8 heteroatoms. The van der Waals surface area contributed by atoms with Crippen molar-refractivity contribution in [3.05, 3.63) is 46.1 Å². The number of nitrogens with one attached hydrogen (secondary N) is 2. The maximum Gasteiger partial charge on any atom is 0.251 e. The van der Waals surface area contributed by atoms with Gasteiger partial charge in [-0.15, -0.1) is 0 Å². The summed E-state index contributed by atoms with van der Waals surface area (Å²) in [4.78, 5) is 24.3. The van der Waals surface area contributed by atoms with E-state index in [1.54, 1.807) is 24.4 Å². The molecule has 0 aliphatic heterocycles. The van der Waals surface area contributed by atoms with Crippen LogP contribution in [0.1, 0.15) is 48.5 Å². The Balaban J connectivity index is 1.55. The molecule has 1 aliphatic rings. The summed E-state index contributed by atoms with van der Waals surface area (Å²) in [6, 6.07) is 6.66. The number of hydrogen-bond acceptors (Lipinski definition) is 3. The lowest BCUT2D eigenvalue weighted by Gasteiger charge is -2.23. The smallest absolute Gasteiger partial charge is 0.251 e. The van der Waals surface area contributed by atoms with Crippen LogP contribution >= 0.6 is 23.2 Å². The first-order chi connectivity index (χ1) is 12.5. The van der Waals surface area contributed by atoms with E-state index in [4.69, 9.17) is 23.2 Å². The van der Waals surface area contributed by atoms with E-state index in [9.17, 15) is 9.59 Å². The predicted molar refractivity (Wildman–Crippen MR) is 102 cm³/mol. The fraction of sp³-hybridized carbons (Fsp3) is 0.389. The van der Waals surface area contributed by atoms with E-state index in [2.05, 4.69) is 15.7 Å². The molecule has 0 spiro atoms. The topological polar surface area (TPSA) is 76.0 Å². The normalized spacial score (nSPS) is 14.8. The second kappa shape index (κ2) is 8.56. The number of nitrogens with zero attached hydrogens (tertiary/aromatic N) is 2. The molecular weight excluding hydrogens is 375 g/mol. The largest absolute Gasteiger partial charge is 0.343 e. The first kappa shape index (κ1) is 18.7. The van der Waals surface area contributed by atoms with E-state index in [0.29, 0.717) is 27.5 Å². The Morgan fingerprint density at radius 3 is 2.62 bits per heavy atom. The van der Waals surface area contributed by atoms with E-state index in [0.717, 1.165) is 12.8 Å². The van der Waals surface area contributed by atoms with Gasteiger partial charge in [-0.1, -0.05) is 42.5 Å². The molecule has 6 nitrogen and oxygen atoms in total. The zero-order chi connectivity index (χ0) is 18.5. The molecule has 1 aliphatic carbocycles. The number of carbonyl (C=O) groups is 2. The highest BCUT2D eigenvalue weighted by Gasteiger charge is 2.19. The van der Waals surface area contributed by atoms with Crippen molar-refractivity contribution >= 4 is 40.8 Å². The summed E-state index contributed by atoms with van der Waals surface area (Å²) in [5.74, 6) is -0.0406. The quantitative estimate of drug-likeness (QED) is 0.802. The van der Waals surface area contributed by atoms with Gasteiger partial charge in [-0.05, 0) is 31.0 Å². The highest BCUT2D eigenvalue weighted by Crippen LogP contribution is 2.29. The number of amides is 2. The molecule has 3 rings (SSSR count). The molecule has 2 aromatic rings. The van der Waals surface area contributed by atoms with Crippen LogP contribution in [-0.2, 0) is 4.79 Å². The van der Waals surface area contributed by atoms with Crippen LogP contribution in [0.5, 0.6) is 0 Å². The van der Waals surface area contributed by atoms with Crippen LogP contribution in [0.25, 0.3) is 0 Å². The Bertz CT molecular complexity index is 800. The number of hydrogen-bond donors (Lipinski definition) is 2. The number of benzene rings is 1. The third-order valence-electron chi connectivity index (χ3n) is 4.45. The lowest BCUT2D eigenvalue weighted by Crippen LogP contribution is -2.33. The van der Waals surface area contributed by atoms with Crippen molar-refractivity contribution in [2.45, 2.75) is 38.1 Å². The molecule has 0 bridgehead atoms. The predicted octanol–water partition coefficient (Wildman–Crippen LogP) is 4.06. The van der Waals surface area contributed by atoms with Crippen molar-refractivity contribution in [3.8, 4) is 0 Å². The average molecular weight is 395 g/mol. The minimum Gasteiger partial charge on any atom is -0.343 e. The molecule has 2 amide bonds. The third-order valence-corrected chi connectivity index (χ3v) is 5.19. The lowest BCUT2D eigenvalue weighted by atomic mass is 9.96. The van der Waals surface area contributed by atoms with Crippen molar-refractivity contribution in [2.75, 3.05) is 11.9 Å². The molecule has 1 heterocycles. The summed E-state index contributed by atoms with van der Waals surface area (Å²) in [6.07, 6.45) is 7.42. The maximum absolute atomic E-state index is 12.2. The van der Waals surface area contributed by atoms with Crippen LogP contribution in [0.2, 0.25) is 10.0 Å². The van der Waals surface area contributed by atoms with E-state index in [1.165, 1.54) is 25.3 Å². The van der Waals surface area contributed by atoms with Gasteiger partial charge >= 0.3 is 0 Å². The fourth-order valence-electron chi connectivity index (χ4n) is 3.12. The molecule has 0 unspecified atom stereocenters. The average Bonchev–Trinajstić information content (AvgIpc) is 3.10. The van der Waals surface area contributed by atoms with Gasteiger partial charge in [0.1, 0.15) is 5.82 Å². The minimum absolute atomic E-state index is 0.144. The van der Waals surface area contributed by atoms with Crippen LogP contribution < -0.4 is 10.6 Å². The van der Waals surface area contributed by atoms with E-state index >= 15 is 0 Å². The summed E-state index contributed by atoms with van der Waals surface area (Å²) < 4.78 is 1.87. The lowest BCUT2D eigenvalue weighted by molar-refractivity contribution is -0.115. The number of anilines is 1. The van der Waals surface area contributed by atoms with Crippen LogP contribution in [-0.4, -0.2) is 28.1 Å². The molecular formula is C18H20Cl2N4O2. The van der Waals surface area contributed by atoms with Gasteiger partial charge in [0.2, 0.25) is 5.91 Å². The number of aromatic nitrogens is 2. The van der Waals surface area contributed by atoms with Crippen LogP contribution in [0.3, 0.4) is 0 Å². The molecule has 26 heavy (non-hydrogen) atoms. The monoisotopic (exact) mass is 394 g/mol. The molecule has 1 aromatic heterocycles. The van der Waals surface area contributed by atoms with Crippen molar-refractivity contribution in [1.29, 1.82) is 0 Å². The molecule has 1 aromatic carbocycles. The summed E-state index contributed by atoms with van der Waals surface area (Å²) in [5, 5.41) is 10.4. The first-order valence-corrected chi connectivity index (χ1v) is 9.37. The minimum atomic E-state index is -0.389. The summed E-state index contributed by atoms with van der Waals surface area (Å²) in [5.41, 5.74) is 0.347. The number of rotatable bonds is 5. The van der Waals surface area contributed by atoms with Gasteiger partial charge in [-0.25, -0.2) is 4.68 Å². The summed E-state index contributed by atoms with van der Waals surface area (Å²) in [7, 11) is 0. The Kier molecular flexibility index (Phi) is 6.16. The molecule has 1 saturated carbocycles. The van der Waals surface area contributed by atoms with Gasteiger partial charge in [0.05, 0.1) is 28.8 Å². The third kappa shape index (κ3) is 4.56. The molecule has 0 atom stereocenters. The highest BCUT2D eigenvalue weighted by atomic mass is 35.5. The van der Waals surface area contributed by atoms with Crippen molar-refractivity contribution in [2.24, 2.45) is 0 Å². The molecule has 0 radical (unpaired) electrons. The Morgan fingerprint density at radius 1 is 1.12 bits per heavy atom. The number of halogens is 2. The SMILES string of the molecule is O=C(CNC(=O)c1ccc(Cl)c(Cl)c1)Nc1ccnn1C1CCCCC1. The van der Waals surface area contributed by atoms with E-state index < -0.39 is 0 Å². The Labute approximate surface area is 161 Å². The summed E-state index contributed by atoms with van der Waals surface area (Å²) in [6.45, 7) is -0.144. The van der Waals surface area contributed by atoms with Crippen LogP contribution in [0, 0.1) is 0 Å². The van der Waals surface area contributed by atoms with Gasteiger partial charge in [0, 0.05) is 11.6 Å². The fourth-order valence-corrected chi connectivity index (χ4v) is 3.41. The maximum atomic E-state index is 12.2. The van der Waals surface area contributed by atoms with Gasteiger partial charge in [0.15, 0.2) is 0 Å². The van der Waals surface area contributed by atoms with Crippen molar-refractivity contribution in [1.82, 2.24) is 15.1 Å². The van der Waals surface area contributed by atoms with E-state index in [-0.39, 0.29) is 18.4 Å². The zero-order valence-electron chi connectivity index (χ0n) is 14.2. The molecule has 1 fully saturated rings. The number of carbonyl (C=O) groups excluding carboxylic acids is 2. The molecule has 138 valence electrons. The molecule has 0 saturated heterocycles. The molecule has 2 N–H and O–H groups in total. The van der Waals surface area contributed by atoms with Gasteiger partial charge in [-0.3, -0.25) is 9.59 Å².